The van der Waals surface area contributed by atoms with Crippen LogP contribution in [0.5, 0.6) is 0 Å². The van der Waals surface area contributed by atoms with Gasteiger partial charge in [-0.3, -0.25) is 0 Å². The molecule has 0 saturated carbocycles. The smallest absolute Gasteiger partial charge is 0.0355 e. The number of benzene rings is 6. The highest BCUT2D eigenvalue weighted by atomic mass is 32.1. The second-order valence-corrected chi connectivity index (χ2v) is 12.3. The molecule has 8 aromatic rings. The first-order valence-electron chi connectivity index (χ1n) is 13.5. The normalized spacial score (nSPS) is 11.5. The maximum atomic E-state index is 2.33. The highest BCUT2D eigenvalue weighted by molar-refractivity contribution is 7.19. The van der Waals surface area contributed by atoms with Gasteiger partial charge in [-0.2, -0.15) is 0 Å². The van der Waals surface area contributed by atoms with E-state index in [9.17, 15) is 0 Å². The van der Waals surface area contributed by atoms with Gasteiger partial charge in [-0.25, -0.2) is 0 Å². The molecule has 40 heavy (non-hydrogen) atoms. The summed E-state index contributed by atoms with van der Waals surface area (Å²) in [5.74, 6) is 0. The van der Waals surface area contributed by atoms with Crippen LogP contribution in [-0.4, -0.2) is 0 Å². The second-order valence-electron chi connectivity index (χ2n) is 10.2. The number of hydrogen-bond acceptors (Lipinski definition) is 2. The molecule has 0 fully saturated rings. The average Bonchev–Trinajstić information content (AvgIpc) is 3.71. The van der Waals surface area contributed by atoms with E-state index in [0.717, 1.165) is 0 Å². The standard InChI is InChI=1S/C38H24S2/c1-3-11-31-25(7-1)9-5-13-33(31)37-21-19-35(39-37)29-17-15-28-24-30(18-16-27(28)23-29)36-20-22-38(40-36)34-14-6-10-26-8-2-4-12-32(26)34/h1-24H. The van der Waals surface area contributed by atoms with Gasteiger partial charge in [0.15, 0.2) is 0 Å². The molecular formula is C38H24S2. The van der Waals surface area contributed by atoms with Crippen LogP contribution in [0.3, 0.4) is 0 Å². The monoisotopic (exact) mass is 544 g/mol. The third kappa shape index (κ3) is 4.05. The van der Waals surface area contributed by atoms with Crippen LogP contribution in [-0.2, 0) is 0 Å². The summed E-state index contributed by atoms with van der Waals surface area (Å²) in [6.45, 7) is 0. The molecule has 0 bridgehead atoms. The lowest BCUT2D eigenvalue weighted by atomic mass is 10.0. The number of thiophene rings is 2. The fraction of sp³-hybridized carbons (Fsp3) is 0. The topological polar surface area (TPSA) is 0 Å². The molecule has 2 aromatic heterocycles. The van der Waals surface area contributed by atoms with Crippen molar-refractivity contribution in [2.24, 2.45) is 0 Å². The molecule has 6 aromatic carbocycles. The van der Waals surface area contributed by atoms with E-state index in [2.05, 4.69) is 146 Å². The van der Waals surface area contributed by atoms with Crippen molar-refractivity contribution in [2.75, 3.05) is 0 Å². The van der Waals surface area contributed by atoms with E-state index >= 15 is 0 Å². The van der Waals surface area contributed by atoms with Crippen molar-refractivity contribution >= 4 is 55.0 Å². The predicted octanol–water partition coefficient (Wildman–Crippen LogP) is 11.9. The minimum Gasteiger partial charge on any atom is -0.135 e. The highest BCUT2D eigenvalue weighted by Crippen LogP contribution is 2.40. The molecule has 0 nitrogen and oxygen atoms in total. The Labute approximate surface area is 241 Å². The van der Waals surface area contributed by atoms with Crippen LogP contribution in [0.15, 0.2) is 146 Å². The molecular weight excluding hydrogens is 521 g/mol. The Morgan fingerprint density at radius 1 is 0.300 bits per heavy atom. The minimum absolute atomic E-state index is 1.27. The summed E-state index contributed by atoms with van der Waals surface area (Å²) in [5.41, 5.74) is 5.15. The molecule has 0 unspecified atom stereocenters. The van der Waals surface area contributed by atoms with Crippen molar-refractivity contribution < 1.29 is 0 Å². The van der Waals surface area contributed by atoms with Gasteiger partial charge < -0.3 is 0 Å². The van der Waals surface area contributed by atoms with Crippen molar-refractivity contribution in [3.8, 4) is 41.8 Å². The Hall–Kier alpha value is -4.50. The van der Waals surface area contributed by atoms with E-state index in [-0.39, 0.29) is 0 Å². The van der Waals surface area contributed by atoms with Gasteiger partial charge in [0.05, 0.1) is 0 Å². The van der Waals surface area contributed by atoms with E-state index in [1.165, 1.54) is 74.1 Å². The van der Waals surface area contributed by atoms with Crippen LogP contribution >= 0.6 is 22.7 Å². The van der Waals surface area contributed by atoms with Gasteiger partial charge in [-0.1, -0.05) is 109 Å². The van der Waals surface area contributed by atoms with E-state index in [1.54, 1.807) is 0 Å². The quantitative estimate of drug-likeness (QED) is 0.207. The average molecular weight is 545 g/mol. The number of rotatable bonds is 4. The lowest BCUT2D eigenvalue weighted by Crippen LogP contribution is -1.78. The van der Waals surface area contributed by atoms with Gasteiger partial charge in [0.2, 0.25) is 0 Å². The molecule has 0 saturated heterocycles. The molecule has 0 aliphatic rings. The van der Waals surface area contributed by atoms with Gasteiger partial charge >= 0.3 is 0 Å². The third-order valence-electron chi connectivity index (χ3n) is 7.73. The van der Waals surface area contributed by atoms with E-state index < -0.39 is 0 Å². The molecule has 0 aliphatic carbocycles. The first kappa shape index (κ1) is 23.4. The van der Waals surface area contributed by atoms with Crippen molar-refractivity contribution in [1.82, 2.24) is 0 Å². The van der Waals surface area contributed by atoms with Crippen LogP contribution in [0, 0.1) is 0 Å². The second kappa shape index (κ2) is 9.60. The minimum atomic E-state index is 1.27. The van der Waals surface area contributed by atoms with E-state index in [0.29, 0.717) is 0 Å². The van der Waals surface area contributed by atoms with Crippen LogP contribution in [0.2, 0.25) is 0 Å². The Bertz CT molecular complexity index is 2010. The summed E-state index contributed by atoms with van der Waals surface area (Å²) in [5, 5.41) is 7.72. The van der Waals surface area contributed by atoms with Crippen LogP contribution < -0.4 is 0 Å². The zero-order chi connectivity index (χ0) is 26.5. The first-order valence-corrected chi connectivity index (χ1v) is 15.1. The zero-order valence-electron chi connectivity index (χ0n) is 21.7. The van der Waals surface area contributed by atoms with E-state index in [1.807, 2.05) is 22.7 Å². The Balaban J connectivity index is 1.11. The summed E-state index contributed by atoms with van der Waals surface area (Å²) < 4.78 is 0. The van der Waals surface area contributed by atoms with Gasteiger partial charge in [-0.05, 0) is 91.0 Å². The van der Waals surface area contributed by atoms with Gasteiger partial charge in [0.1, 0.15) is 0 Å². The maximum Gasteiger partial charge on any atom is 0.0355 e. The molecule has 8 rings (SSSR count). The van der Waals surface area contributed by atoms with Gasteiger partial charge in [0, 0.05) is 19.5 Å². The fourth-order valence-corrected chi connectivity index (χ4v) is 7.79. The van der Waals surface area contributed by atoms with Crippen LogP contribution in [0.1, 0.15) is 0 Å². The Kier molecular flexibility index (Phi) is 5.62. The zero-order valence-corrected chi connectivity index (χ0v) is 23.3. The SMILES string of the molecule is c1ccc2c(-c3ccc(-c4ccc5cc(-c6ccc(-c7cccc8ccccc78)s6)ccc5c4)s3)cccc2c1. The van der Waals surface area contributed by atoms with E-state index in [4.69, 9.17) is 0 Å². The first-order chi connectivity index (χ1) is 19.8. The fourth-order valence-electron chi connectivity index (χ4n) is 5.71. The molecule has 0 radical (unpaired) electrons. The predicted molar refractivity (Wildman–Crippen MR) is 176 cm³/mol. The van der Waals surface area contributed by atoms with Gasteiger partial charge in [-0.15, -0.1) is 22.7 Å². The summed E-state index contributed by atoms with van der Waals surface area (Å²) in [4.78, 5) is 5.21. The van der Waals surface area contributed by atoms with Crippen molar-refractivity contribution in [2.45, 2.75) is 0 Å². The van der Waals surface area contributed by atoms with Crippen LogP contribution in [0.4, 0.5) is 0 Å². The number of fused-ring (bicyclic) bond motifs is 3. The van der Waals surface area contributed by atoms with Gasteiger partial charge in [0.25, 0.3) is 0 Å². The molecule has 0 amide bonds. The van der Waals surface area contributed by atoms with Crippen molar-refractivity contribution in [1.29, 1.82) is 0 Å². The summed E-state index contributed by atoms with van der Waals surface area (Å²) in [6, 6.07) is 53.2. The van der Waals surface area contributed by atoms with Crippen molar-refractivity contribution in [3.63, 3.8) is 0 Å². The lowest BCUT2D eigenvalue weighted by molar-refractivity contribution is 1.72. The molecule has 0 spiro atoms. The lowest BCUT2D eigenvalue weighted by Gasteiger charge is -2.06. The third-order valence-corrected chi connectivity index (χ3v) is 10.1. The van der Waals surface area contributed by atoms with Crippen LogP contribution in [0.25, 0.3) is 74.1 Å². The summed E-state index contributed by atoms with van der Waals surface area (Å²) >= 11 is 3.73. The molecule has 0 aliphatic heterocycles. The number of hydrogen-bond donors (Lipinski definition) is 0. The molecule has 2 heteroatoms. The van der Waals surface area contributed by atoms with Crippen molar-refractivity contribution in [3.05, 3.63) is 146 Å². The highest BCUT2D eigenvalue weighted by Gasteiger charge is 2.11. The summed E-state index contributed by atoms with van der Waals surface area (Å²) in [6.07, 6.45) is 0. The molecule has 2 heterocycles. The maximum absolute atomic E-state index is 2.33. The Morgan fingerprint density at radius 2 is 0.725 bits per heavy atom. The summed E-state index contributed by atoms with van der Waals surface area (Å²) in [7, 11) is 0. The Morgan fingerprint density at radius 3 is 1.23 bits per heavy atom. The molecule has 0 N–H and O–H groups in total. The molecule has 0 atom stereocenters. The molecule has 188 valence electrons. The largest absolute Gasteiger partial charge is 0.135 e.